The number of hydrogen-bond donors (Lipinski definition) is 1. The highest BCUT2D eigenvalue weighted by atomic mass is 32.1. The highest BCUT2D eigenvalue weighted by Crippen LogP contribution is 2.30. The van der Waals surface area contributed by atoms with Crippen LogP contribution in [0.2, 0.25) is 0 Å². The van der Waals surface area contributed by atoms with E-state index < -0.39 is 40.5 Å². The van der Waals surface area contributed by atoms with E-state index in [0.29, 0.717) is 12.2 Å². The number of aromatic carboxylic acids is 1. The maximum absolute atomic E-state index is 14.2. The number of hydrogen-bond acceptors (Lipinski definition) is 3. The van der Waals surface area contributed by atoms with Gasteiger partial charge in [-0.2, -0.15) is 0 Å². The van der Waals surface area contributed by atoms with Crippen molar-refractivity contribution >= 4 is 23.0 Å². The number of thiazole rings is 1. The Hall–Kier alpha value is -2.94. The Morgan fingerprint density at radius 3 is 2.19 bits per heavy atom. The van der Waals surface area contributed by atoms with Crippen LogP contribution in [0.3, 0.4) is 0 Å². The fourth-order valence-corrected chi connectivity index (χ4v) is 3.54. The highest BCUT2D eigenvalue weighted by Gasteiger charge is 2.29. The predicted molar refractivity (Wildman–Crippen MR) is 91.9 cm³/mol. The van der Waals surface area contributed by atoms with Crippen molar-refractivity contribution in [3.8, 4) is 11.3 Å². The van der Waals surface area contributed by atoms with Crippen molar-refractivity contribution in [1.82, 2.24) is 4.57 Å². The van der Waals surface area contributed by atoms with Gasteiger partial charge >= 0.3 is 5.97 Å². The van der Waals surface area contributed by atoms with Crippen LogP contribution < -0.4 is 4.80 Å². The Kier molecular flexibility index (Phi) is 5.13. The van der Waals surface area contributed by atoms with Crippen molar-refractivity contribution in [2.24, 2.45) is 4.99 Å². The van der Waals surface area contributed by atoms with Gasteiger partial charge in [-0.3, -0.25) is 0 Å². The average molecular weight is 396 g/mol. The third-order valence-corrected chi connectivity index (χ3v) is 4.71. The molecule has 2 aromatic carbocycles. The highest BCUT2D eigenvalue weighted by molar-refractivity contribution is 7.07. The molecule has 9 heteroatoms. The molecule has 1 aromatic heterocycles. The van der Waals surface area contributed by atoms with E-state index in [1.54, 1.807) is 16.9 Å². The van der Waals surface area contributed by atoms with Crippen LogP contribution in [0.4, 0.5) is 23.2 Å². The molecule has 0 amide bonds. The molecular formula is C18H12F4N2O2S. The Morgan fingerprint density at radius 1 is 1.07 bits per heavy atom. The molecule has 27 heavy (non-hydrogen) atoms. The lowest BCUT2D eigenvalue weighted by Gasteiger charge is -2.08. The number of carboxylic acid groups (broad SMARTS) is 1. The van der Waals surface area contributed by atoms with E-state index in [1.807, 2.05) is 30.3 Å². The molecule has 1 N–H and O–H groups in total. The quantitative estimate of drug-likeness (QED) is 0.512. The molecule has 0 fully saturated rings. The molecule has 0 saturated heterocycles. The van der Waals surface area contributed by atoms with E-state index in [-0.39, 0.29) is 4.80 Å². The second kappa shape index (κ2) is 7.36. The van der Waals surface area contributed by atoms with Crippen LogP contribution in [0.15, 0.2) is 40.7 Å². The third-order valence-electron chi connectivity index (χ3n) is 3.84. The molecule has 0 spiro atoms. The van der Waals surface area contributed by atoms with Gasteiger partial charge in [0.1, 0.15) is 11.3 Å². The van der Waals surface area contributed by atoms with Crippen molar-refractivity contribution in [2.45, 2.75) is 13.5 Å². The van der Waals surface area contributed by atoms with Gasteiger partial charge in [0.2, 0.25) is 0 Å². The second-order valence-corrected chi connectivity index (χ2v) is 6.25. The topological polar surface area (TPSA) is 54.6 Å². The summed E-state index contributed by atoms with van der Waals surface area (Å²) < 4.78 is 57.7. The molecule has 3 rings (SSSR count). The standard InChI is InChI=1S/C18H12F4N2O2S/c1-2-24-10(9-6-4-3-5-7-9)8-27-18(24)23-16-14(21)12(19)11(17(25)26)13(20)15(16)22/h3-8H,2H2,1H3,(H,25,26). The van der Waals surface area contributed by atoms with Gasteiger partial charge in [0.25, 0.3) is 0 Å². The lowest BCUT2D eigenvalue weighted by Crippen LogP contribution is -2.16. The summed E-state index contributed by atoms with van der Waals surface area (Å²) in [5.41, 5.74) is -1.36. The normalized spacial score (nSPS) is 11.8. The third kappa shape index (κ3) is 3.25. The number of carbonyl (C=O) groups is 1. The lowest BCUT2D eigenvalue weighted by molar-refractivity contribution is 0.0683. The Bertz CT molecular complexity index is 1060. The van der Waals surface area contributed by atoms with Gasteiger partial charge in [-0.1, -0.05) is 30.3 Å². The van der Waals surface area contributed by atoms with Crippen molar-refractivity contribution < 1.29 is 27.5 Å². The van der Waals surface area contributed by atoms with Gasteiger partial charge in [-0.15, -0.1) is 11.3 Å². The first-order valence-corrected chi connectivity index (χ1v) is 8.62. The summed E-state index contributed by atoms with van der Waals surface area (Å²) in [4.78, 5) is 14.7. The summed E-state index contributed by atoms with van der Waals surface area (Å²) in [5.74, 6) is -9.82. The van der Waals surface area contributed by atoms with Gasteiger partial charge in [-0.25, -0.2) is 27.3 Å². The van der Waals surface area contributed by atoms with Crippen LogP contribution in [-0.2, 0) is 6.54 Å². The van der Waals surface area contributed by atoms with Crippen LogP contribution in [0.5, 0.6) is 0 Å². The van der Waals surface area contributed by atoms with Gasteiger partial charge in [0.15, 0.2) is 28.1 Å². The summed E-state index contributed by atoms with van der Waals surface area (Å²) in [6.07, 6.45) is 0. The van der Waals surface area contributed by atoms with E-state index in [9.17, 15) is 22.4 Å². The molecular weight excluding hydrogens is 384 g/mol. The molecule has 0 radical (unpaired) electrons. The number of carboxylic acids is 1. The van der Waals surface area contributed by atoms with Crippen LogP contribution in [0.1, 0.15) is 17.3 Å². The molecule has 0 atom stereocenters. The minimum Gasteiger partial charge on any atom is -0.477 e. The SMILES string of the molecule is CCn1c(-c2ccccc2)csc1=Nc1c(F)c(F)c(C(=O)O)c(F)c1F. The summed E-state index contributed by atoms with van der Waals surface area (Å²) in [6.45, 7) is 2.16. The van der Waals surface area contributed by atoms with Crippen LogP contribution >= 0.6 is 11.3 Å². The Labute approximate surface area is 154 Å². The van der Waals surface area contributed by atoms with E-state index in [2.05, 4.69) is 4.99 Å². The van der Waals surface area contributed by atoms with Crippen molar-refractivity contribution in [3.05, 3.63) is 69.3 Å². The number of nitrogens with zero attached hydrogens (tertiary/aromatic N) is 2. The summed E-state index contributed by atoms with van der Waals surface area (Å²) in [7, 11) is 0. The fraction of sp³-hybridized carbons (Fsp3) is 0.111. The first-order valence-electron chi connectivity index (χ1n) is 7.74. The molecule has 0 unspecified atom stereocenters. The zero-order chi connectivity index (χ0) is 19.7. The van der Waals surface area contributed by atoms with Gasteiger partial charge in [0.05, 0.1) is 5.69 Å². The number of aromatic nitrogens is 1. The molecule has 0 bridgehead atoms. The Balaban J connectivity index is 2.25. The summed E-state index contributed by atoms with van der Waals surface area (Å²) in [5, 5.41) is 10.4. The lowest BCUT2D eigenvalue weighted by atomic mass is 10.1. The molecule has 140 valence electrons. The van der Waals surface area contributed by atoms with Gasteiger partial charge in [0, 0.05) is 11.9 Å². The first kappa shape index (κ1) is 18.8. The Morgan fingerprint density at radius 2 is 1.67 bits per heavy atom. The summed E-state index contributed by atoms with van der Waals surface area (Å²) in [6, 6.07) is 9.13. The van der Waals surface area contributed by atoms with Gasteiger partial charge < -0.3 is 9.67 Å². The van der Waals surface area contributed by atoms with Crippen LogP contribution in [-0.4, -0.2) is 15.6 Å². The van der Waals surface area contributed by atoms with E-state index >= 15 is 0 Å². The molecule has 1 heterocycles. The van der Waals surface area contributed by atoms with E-state index in [0.717, 1.165) is 16.9 Å². The maximum atomic E-state index is 14.2. The molecule has 3 aromatic rings. The van der Waals surface area contributed by atoms with Crippen LogP contribution in [0.25, 0.3) is 11.3 Å². The van der Waals surface area contributed by atoms with Crippen molar-refractivity contribution in [2.75, 3.05) is 0 Å². The molecule has 0 aliphatic heterocycles. The maximum Gasteiger partial charge on any atom is 0.341 e. The second-order valence-electron chi connectivity index (χ2n) is 5.41. The zero-order valence-electron chi connectivity index (χ0n) is 13.8. The van der Waals surface area contributed by atoms with Crippen LogP contribution in [0, 0.1) is 23.3 Å². The first-order chi connectivity index (χ1) is 12.9. The van der Waals surface area contributed by atoms with Crippen molar-refractivity contribution in [3.63, 3.8) is 0 Å². The van der Waals surface area contributed by atoms with E-state index in [4.69, 9.17) is 5.11 Å². The molecule has 0 saturated carbocycles. The number of benzene rings is 2. The fourth-order valence-electron chi connectivity index (χ4n) is 2.57. The largest absolute Gasteiger partial charge is 0.477 e. The number of halogens is 4. The zero-order valence-corrected chi connectivity index (χ0v) is 14.7. The minimum atomic E-state index is -2.11. The summed E-state index contributed by atoms with van der Waals surface area (Å²) >= 11 is 1.03. The molecule has 0 aliphatic carbocycles. The average Bonchev–Trinajstić information content (AvgIpc) is 3.07. The predicted octanol–water partition coefficient (Wildman–Crippen LogP) is 4.72. The van der Waals surface area contributed by atoms with Gasteiger partial charge in [-0.05, 0) is 12.5 Å². The van der Waals surface area contributed by atoms with Crippen molar-refractivity contribution in [1.29, 1.82) is 0 Å². The molecule has 0 aliphatic rings. The molecule has 4 nitrogen and oxygen atoms in total. The smallest absolute Gasteiger partial charge is 0.341 e. The van der Waals surface area contributed by atoms with E-state index in [1.165, 1.54) is 0 Å². The minimum absolute atomic E-state index is 0.107. The monoisotopic (exact) mass is 396 g/mol. The number of rotatable bonds is 4.